The zero-order valence-electron chi connectivity index (χ0n) is 13.5. The molecule has 0 bridgehead atoms. The lowest BCUT2D eigenvalue weighted by Gasteiger charge is -2.18. The Morgan fingerprint density at radius 3 is 2.80 bits per heavy atom. The van der Waals surface area contributed by atoms with Gasteiger partial charge in [-0.1, -0.05) is 18.2 Å². The maximum absolute atomic E-state index is 12.7. The highest BCUT2D eigenvalue weighted by molar-refractivity contribution is 7.99. The largest absolute Gasteiger partial charge is 0.326 e. The van der Waals surface area contributed by atoms with Gasteiger partial charge in [0, 0.05) is 22.8 Å². The molecule has 3 rings (SSSR count). The molecule has 2 aromatic carbocycles. The maximum atomic E-state index is 12.7. The van der Waals surface area contributed by atoms with Crippen LogP contribution in [0.25, 0.3) is 0 Å². The molecule has 0 unspecified atom stereocenters. The van der Waals surface area contributed by atoms with E-state index in [1.807, 2.05) is 12.1 Å². The van der Waals surface area contributed by atoms with Gasteiger partial charge in [-0.3, -0.25) is 9.52 Å². The number of thioether (sulfide) groups is 1. The summed E-state index contributed by atoms with van der Waals surface area (Å²) in [6.07, 6.45) is 2.68. The van der Waals surface area contributed by atoms with Gasteiger partial charge in [-0.25, -0.2) is 8.42 Å². The molecule has 0 saturated heterocycles. The van der Waals surface area contributed by atoms with Gasteiger partial charge in [0.25, 0.3) is 10.0 Å². The molecule has 25 heavy (non-hydrogen) atoms. The van der Waals surface area contributed by atoms with Gasteiger partial charge in [0.2, 0.25) is 5.91 Å². The van der Waals surface area contributed by atoms with Gasteiger partial charge >= 0.3 is 0 Å². The Bertz CT molecular complexity index is 924. The molecule has 2 N–H and O–H groups in total. The minimum atomic E-state index is -3.71. The number of nitrogens with one attached hydrogen (secondary N) is 2. The average molecular weight is 374 g/mol. The molecular formula is C18H18N2O3S2. The number of hydrogen-bond donors (Lipinski definition) is 2. The van der Waals surface area contributed by atoms with Crippen LogP contribution in [0.1, 0.15) is 12.0 Å². The van der Waals surface area contributed by atoms with Crippen LogP contribution in [-0.2, 0) is 21.2 Å². The first-order valence-corrected chi connectivity index (χ1v) is 10.2. The van der Waals surface area contributed by atoms with Gasteiger partial charge in [0.15, 0.2) is 0 Å². The molecule has 0 saturated carbocycles. The molecule has 0 radical (unpaired) electrons. The summed E-state index contributed by atoms with van der Waals surface area (Å²) in [5.41, 5.74) is 2.05. The van der Waals surface area contributed by atoms with Crippen LogP contribution in [0.3, 0.4) is 0 Å². The Morgan fingerprint density at radius 1 is 1.20 bits per heavy atom. The number of hydrogen-bond acceptors (Lipinski definition) is 4. The smallest absolute Gasteiger partial charge is 0.261 e. The molecule has 0 fully saturated rings. The Hall–Kier alpha value is -2.25. The fraction of sp³-hybridized carbons (Fsp3) is 0.167. The lowest BCUT2D eigenvalue weighted by atomic mass is 10.0. The number of fused-ring (bicyclic) bond motifs is 1. The molecule has 7 heteroatoms. The van der Waals surface area contributed by atoms with Crippen molar-refractivity contribution in [2.45, 2.75) is 22.6 Å². The van der Waals surface area contributed by atoms with E-state index in [1.54, 1.807) is 30.3 Å². The van der Waals surface area contributed by atoms with Crippen molar-refractivity contribution in [3.8, 4) is 0 Å². The quantitative estimate of drug-likeness (QED) is 0.598. The molecule has 0 aromatic heterocycles. The van der Waals surface area contributed by atoms with Crippen molar-refractivity contribution in [3.63, 3.8) is 0 Å². The summed E-state index contributed by atoms with van der Waals surface area (Å²) in [7, 11) is -3.71. The predicted molar refractivity (Wildman–Crippen MR) is 102 cm³/mol. The average Bonchev–Trinajstić information content (AvgIpc) is 2.60. The Labute approximate surface area is 151 Å². The highest BCUT2D eigenvalue weighted by Gasteiger charge is 2.20. The number of anilines is 2. The second kappa shape index (κ2) is 7.33. The first kappa shape index (κ1) is 17.6. The second-order valence-electron chi connectivity index (χ2n) is 5.57. The number of benzene rings is 2. The summed E-state index contributed by atoms with van der Waals surface area (Å²) in [5.74, 6) is 0.645. The van der Waals surface area contributed by atoms with E-state index in [4.69, 9.17) is 0 Å². The molecule has 1 amide bonds. The van der Waals surface area contributed by atoms with Gasteiger partial charge in [0.1, 0.15) is 0 Å². The minimum absolute atomic E-state index is 0.0468. The topological polar surface area (TPSA) is 75.3 Å². The lowest BCUT2D eigenvalue weighted by Crippen LogP contribution is -2.20. The molecule has 1 aliphatic heterocycles. The van der Waals surface area contributed by atoms with E-state index in [1.165, 1.54) is 17.8 Å². The van der Waals surface area contributed by atoms with Crippen molar-refractivity contribution >= 4 is 39.1 Å². The fourth-order valence-electron chi connectivity index (χ4n) is 2.56. The van der Waals surface area contributed by atoms with Gasteiger partial charge in [0.05, 0.1) is 10.6 Å². The summed E-state index contributed by atoms with van der Waals surface area (Å²) in [6.45, 7) is 3.68. The molecule has 130 valence electrons. The van der Waals surface area contributed by atoms with Gasteiger partial charge in [-0.2, -0.15) is 0 Å². The first-order chi connectivity index (χ1) is 12.0. The Kier molecular flexibility index (Phi) is 5.15. The summed E-state index contributed by atoms with van der Waals surface area (Å²) in [4.78, 5) is 12.5. The van der Waals surface area contributed by atoms with E-state index >= 15 is 0 Å². The zero-order valence-corrected chi connectivity index (χ0v) is 15.1. The molecule has 0 atom stereocenters. The van der Waals surface area contributed by atoms with Crippen LogP contribution in [0.4, 0.5) is 11.4 Å². The van der Waals surface area contributed by atoms with Crippen molar-refractivity contribution in [2.24, 2.45) is 0 Å². The number of carbonyl (C=O) groups excluding carboxylic acids is 1. The van der Waals surface area contributed by atoms with Crippen LogP contribution in [-0.4, -0.2) is 20.1 Å². The van der Waals surface area contributed by atoms with Gasteiger partial charge in [-0.05, 0) is 42.3 Å². The van der Waals surface area contributed by atoms with E-state index in [0.717, 1.165) is 10.5 Å². The van der Waals surface area contributed by atoms with Crippen molar-refractivity contribution < 1.29 is 13.2 Å². The van der Waals surface area contributed by atoms with Crippen molar-refractivity contribution in [1.29, 1.82) is 0 Å². The van der Waals surface area contributed by atoms with E-state index in [-0.39, 0.29) is 10.8 Å². The highest BCUT2D eigenvalue weighted by Crippen LogP contribution is 2.30. The van der Waals surface area contributed by atoms with Crippen molar-refractivity contribution in [1.82, 2.24) is 0 Å². The third-order valence-corrected chi connectivity index (χ3v) is 6.20. The monoisotopic (exact) mass is 374 g/mol. The number of sulfonamides is 1. The predicted octanol–water partition coefficient (Wildman–Crippen LogP) is 3.65. The third kappa shape index (κ3) is 4.05. The van der Waals surface area contributed by atoms with Crippen LogP contribution in [0, 0.1) is 0 Å². The van der Waals surface area contributed by atoms with Crippen molar-refractivity contribution in [2.75, 3.05) is 15.8 Å². The minimum Gasteiger partial charge on any atom is -0.326 e. The van der Waals surface area contributed by atoms with E-state index in [2.05, 4.69) is 16.6 Å². The van der Waals surface area contributed by atoms with Gasteiger partial charge < -0.3 is 5.32 Å². The number of carbonyl (C=O) groups is 1. The Balaban J connectivity index is 1.88. The number of amides is 1. The third-order valence-electron chi connectivity index (χ3n) is 3.77. The number of para-hydroxylation sites is 1. The van der Waals surface area contributed by atoms with Crippen LogP contribution >= 0.6 is 11.8 Å². The summed E-state index contributed by atoms with van der Waals surface area (Å²) in [6, 6.07) is 12.0. The number of rotatable bonds is 6. The summed E-state index contributed by atoms with van der Waals surface area (Å²) in [5, 5.41) is 2.75. The molecule has 1 heterocycles. The van der Waals surface area contributed by atoms with Crippen molar-refractivity contribution in [3.05, 3.63) is 60.7 Å². The van der Waals surface area contributed by atoms with Gasteiger partial charge in [-0.15, -0.1) is 18.3 Å². The molecule has 1 aliphatic rings. The molecule has 2 aromatic rings. The summed E-state index contributed by atoms with van der Waals surface area (Å²) < 4.78 is 28.2. The van der Waals surface area contributed by atoms with Crippen LogP contribution in [0.5, 0.6) is 0 Å². The highest BCUT2D eigenvalue weighted by atomic mass is 32.2. The second-order valence-corrected chi connectivity index (χ2v) is 8.31. The zero-order chi connectivity index (χ0) is 17.9. The lowest BCUT2D eigenvalue weighted by molar-refractivity contribution is -0.116. The molecule has 0 spiro atoms. The van der Waals surface area contributed by atoms with E-state index in [9.17, 15) is 13.2 Å². The number of aryl methyl sites for hydroxylation is 1. The standard InChI is InChI=1S/C18H18N2O3S2/c1-2-11-24-17-6-4-3-5-16(17)20-25(22,23)14-8-9-15-13(12-14)7-10-18(21)19-15/h2-6,8-9,12,20H,1,7,10-11H2,(H,19,21). The SMILES string of the molecule is C=CCSc1ccccc1NS(=O)(=O)c1ccc2c(c1)CCC(=O)N2. The summed E-state index contributed by atoms with van der Waals surface area (Å²) >= 11 is 1.51. The molecule has 0 aliphatic carbocycles. The first-order valence-electron chi connectivity index (χ1n) is 7.78. The van der Waals surface area contributed by atoms with E-state index < -0.39 is 10.0 Å². The fourth-order valence-corrected chi connectivity index (χ4v) is 4.50. The molecular weight excluding hydrogens is 356 g/mol. The normalized spacial score (nSPS) is 13.7. The maximum Gasteiger partial charge on any atom is 0.261 e. The van der Waals surface area contributed by atoms with Crippen LogP contribution in [0.2, 0.25) is 0 Å². The Morgan fingerprint density at radius 2 is 2.00 bits per heavy atom. The molecule has 5 nitrogen and oxygen atoms in total. The van der Waals surface area contributed by atoms with Crippen LogP contribution in [0.15, 0.2) is 64.9 Å². The van der Waals surface area contributed by atoms with Crippen LogP contribution < -0.4 is 10.0 Å². The van der Waals surface area contributed by atoms with E-state index in [0.29, 0.717) is 30.0 Å².